The van der Waals surface area contributed by atoms with Gasteiger partial charge in [0.1, 0.15) is 6.61 Å². The zero-order valence-electron chi connectivity index (χ0n) is 15.6. The number of rotatable bonds is 6. The first kappa shape index (κ1) is 21.8. The standard InChI is InChI=1S/C21H16BrNO3S3/c1-4-8-26-19-16(22)9-13(10-17(19)25-2)11-18-20(24)23(21(27)29-18)14-6-5-7-15(12-14)28-3/h1,5-7,9-12H,8H2,2-3H3/b18-11-. The first-order valence-electron chi connectivity index (χ1n) is 8.34. The van der Waals surface area contributed by atoms with Crippen LogP contribution >= 0.6 is 51.7 Å². The summed E-state index contributed by atoms with van der Waals surface area (Å²) < 4.78 is 12.1. The van der Waals surface area contributed by atoms with Crippen LogP contribution < -0.4 is 14.4 Å². The van der Waals surface area contributed by atoms with Gasteiger partial charge in [0.15, 0.2) is 15.8 Å². The molecule has 29 heavy (non-hydrogen) atoms. The third kappa shape index (κ3) is 4.81. The van der Waals surface area contributed by atoms with E-state index in [-0.39, 0.29) is 12.5 Å². The van der Waals surface area contributed by atoms with Crippen LogP contribution in [0.25, 0.3) is 6.08 Å². The van der Waals surface area contributed by atoms with Crippen molar-refractivity contribution in [2.45, 2.75) is 4.90 Å². The molecule has 0 N–H and O–H groups in total. The fourth-order valence-corrected chi connectivity index (χ4v) is 4.99. The monoisotopic (exact) mass is 505 g/mol. The number of carbonyl (C=O) groups is 1. The lowest BCUT2D eigenvalue weighted by Crippen LogP contribution is -2.27. The van der Waals surface area contributed by atoms with Gasteiger partial charge in [-0.3, -0.25) is 9.69 Å². The molecule has 148 valence electrons. The first-order valence-corrected chi connectivity index (χ1v) is 11.6. The summed E-state index contributed by atoms with van der Waals surface area (Å²) >= 11 is 11.8. The van der Waals surface area contributed by atoms with E-state index in [1.807, 2.05) is 36.6 Å². The second kappa shape index (κ2) is 9.72. The third-order valence-electron chi connectivity index (χ3n) is 3.95. The SMILES string of the molecule is C#CCOc1c(Br)cc(/C=C2\SC(=S)N(c3cccc(SC)c3)C2=O)cc1OC. The van der Waals surface area contributed by atoms with Crippen LogP contribution in [0.15, 0.2) is 50.7 Å². The van der Waals surface area contributed by atoms with Gasteiger partial charge in [0.2, 0.25) is 0 Å². The number of ether oxygens (including phenoxy) is 2. The summed E-state index contributed by atoms with van der Waals surface area (Å²) in [5.74, 6) is 3.31. The minimum atomic E-state index is -0.152. The highest BCUT2D eigenvalue weighted by molar-refractivity contribution is 9.10. The maximum atomic E-state index is 13.0. The number of hydrogen-bond acceptors (Lipinski definition) is 6. The second-order valence-corrected chi connectivity index (χ2v) is 9.16. The van der Waals surface area contributed by atoms with E-state index < -0.39 is 0 Å². The van der Waals surface area contributed by atoms with Gasteiger partial charge in [0.25, 0.3) is 5.91 Å². The molecule has 4 nitrogen and oxygen atoms in total. The number of nitrogens with zero attached hydrogens (tertiary/aromatic N) is 1. The normalized spacial score (nSPS) is 15.0. The number of anilines is 1. The lowest BCUT2D eigenvalue weighted by atomic mass is 10.1. The molecule has 1 aliphatic rings. The maximum Gasteiger partial charge on any atom is 0.270 e. The van der Waals surface area contributed by atoms with Crippen molar-refractivity contribution in [3.05, 3.63) is 51.3 Å². The quantitative estimate of drug-likeness (QED) is 0.220. The Balaban J connectivity index is 1.93. The minimum Gasteiger partial charge on any atom is -0.493 e. The van der Waals surface area contributed by atoms with Crippen molar-refractivity contribution in [1.29, 1.82) is 0 Å². The van der Waals surface area contributed by atoms with E-state index in [9.17, 15) is 4.79 Å². The zero-order chi connectivity index (χ0) is 21.0. The molecule has 0 aliphatic carbocycles. The highest BCUT2D eigenvalue weighted by Crippen LogP contribution is 2.40. The molecule has 8 heteroatoms. The van der Waals surface area contributed by atoms with Crippen LogP contribution in [0.2, 0.25) is 0 Å². The molecule has 1 aliphatic heterocycles. The Morgan fingerprint density at radius 2 is 2.17 bits per heavy atom. The zero-order valence-corrected chi connectivity index (χ0v) is 19.6. The summed E-state index contributed by atoms with van der Waals surface area (Å²) in [6.07, 6.45) is 9.04. The number of methoxy groups -OCH3 is 1. The summed E-state index contributed by atoms with van der Waals surface area (Å²) in [6, 6.07) is 11.4. The van der Waals surface area contributed by atoms with E-state index >= 15 is 0 Å². The fraction of sp³-hybridized carbons (Fsp3) is 0.143. The van der Waals surface area contributed by atoms with E-state index in [0.717, 1.165) is 16.1 Å². The molecule has 0 aromatic heterocycles. The summed E-state index contributed by atoms with van der Waals surface area (Å²) in [7, 11) is 1.55. The number of amides is 1. The van der Waals surface area contributed by atoms with Crippen LogP contribution in [0.5, 0.6) is 11.5 Å². The Kier molecular flexibility index (Phi) is 7.30. The van der Waals surface area contributed by atoms with Crippen molar-refractivity contribution in [1.82, 2.24) is 0 Å². The Morgan fingerprint density at radius 1 is 1.38 bits per heavy atom. The molecule has 1 heterocycles. The van der Waals surface area contributed by atoms with Crippen molar-refractivity contribution in [3.63, 3.8) is 0 Å². The highest BCUT2D eigenvalue weighted by atomic mass is 79.9. The van der Waals surface area contributed by atoms with E-state index in [1.54, 1.807) is 35.9 Å². The van der Waals surface area contributed by atoms with Gasteiger partial charge in [-0.2, -0.15) is 0 Å². The van der Waals surface area contributed by atoms with Crippen LogP contribution in [-0.4, -0.2) is 30.2 Å². The number of halogens is 1. The van der Waals surface area contributed by atoms with Crippen molar-refractivity contribution >= 4 is 73.7 Å². The molecule has 1 saturated heterocycles. The van der Waals surface area contributed by atoms with Crippen LogP contribution in [-0.2, 0) is 4.79 Å². The molecule has 0 radical (unpaired) electrons. The molecule has 0 bridgehead atoms. The van der Waals surface area contributed by atoms with Crippen molar-refractivity contribution < 1.29 is 14.3 Å². The molecular formula is C21H16BrNO3S3. The molecule has 3 rings (SSSR count). The molecule has 0 saturated carbocycles. The predicted molar refractivity (Wildman–Crippen MR) is 129 cm³/mol. The van der Waals surface area contributed by atoms with E-state index in [1.165, 1.54) is 11.8 Å². The smallest absolute Gasteiger partial charge is 0.270 e. The topological polar surface area (TPSA) is 38.8 Å². The van der Waals surface area contributed by atoms with Gasteiger partial charge in [-0.15, -0.1) is 18.2 Å². The number of hydrogen-bond donors (Lipinski definition) is 0. The van der Waals surface area contributed by atoms with Gasteiger partial charge in [-0.1, -0.05) is 36.0 Å². The van der Waals surface area contributed by atoms with Gasteiger partial charge in [0.05, 0.1) is 22.2 Å². The maximum absolute atomic E-state index is 13.0. The molecule has 0 atom stereocenters. The molecule has 2 aromatic rings. The molecule has 2 aromatic carbocycles. The minimum absolute atomic E-state index is 0.127. The summed E-state index contributed by atoms with van der Waals surface area (Å²) in [5, 5.41) is 0. The average Bonchev–Trinajstić information content (AvgIpc) is 2.99. The number of thioether (sulfide) groups is 2. The van der Waals surface area contributed by atoms with Gasteiger partial charge in [-0.25, -0.2) is 0 Å². The second-order valence-electron chi connectivity index (χ2n) is 5.75. The van der Waals surface area contributed by atoms with Crippen molar-refractivity contribution in [2.24, 2.45) is 0 Å². The average molecular weight is 506 g/mol. The number of carbonyl (C=O) groups excluding carboxylic acids is 1. The highest BCUT2D eigenvalue weighted by Gasteiger charge is 2.33. The van der Waals surface area contributed by atoms with Gasteiger partial charge >= 0.3 is 0 Å². The Hall–Kier alpha value is -1.92. The molecule has 1 amide bonds. The fourth-order valence-electron chi connectivity index (χ4n) is 2.67. The molecular weight excluding hydrogens is 490 g/mol. The Bertz CT molecular complexity index is 1050. The summed E-state index contributed by atoms with van der Waals surface area (Å²) in [6.45, 7) is 0.127. The largest absolute Gasteiger partial charge is 0.493 e. The number of benzene rings is 2. The molecule has 1 fully saturated rings. The van der Waals surface area contributed by atoms with Crippen LogP contribution in [0, 0.1) is 12.3 Å². The van der Waals surface area contributed by atoms with Gasteiger partial charge in [0, 0.05) is 4.90 Å². The first-order chi connectivity index (χ1) is 14.0. The summed E-state index contributed by atoms with van der Waals surface area (Å²) in [4.78, 5) is 16.2. The lowest BCUT2D eigenvalue weighted by molar-refractivity contribution is -0.113. The van der Waals surface area contributed by atoms with Crippen molar-refractivity contribution in [2.75, 3.05) is 24.9 Å². The van der Waals surface area contributed by atoms with E-state index in [2.05, 4.69) is 21.9 Å². The van der Waals surface area contributed by atoms with Crippen LogP contribution in [0.4, 0.5) is 5.69 Å². The van der Waals surface area contributed by atoms with E-state index in [4.69, 9.17) is 28.1 Å². The Morgan fingerprint density at radius 3 is 2.86 bits per heavy atom. The number of thiocarbonyl (C=S) groups is 1. The third-order valence-corrected chi connectivity index (χ3v) is 6.57. The van der Waals surface area contributed by atoms with Crippen LogP contribution in [0.3, 0.4) is 0 Å². The Labute approximate surface area is 192 Å². The lowest BCUT2D eigenvalue weighted by Gasteiger charge is -2.15. The van der Waals surface area contributed by atoms with Crippen molar-refractivity contribution in [3.8, 4) is 23.8 Å². The van der Waals surface area contributed by atoms with Crippen LogP contribution in [0.1, 0.15) is 5.56 Å². The summed E-state index contributed by atoms with van der Waals surface area (Å²) in [5.41, 5.74) is 1.54. The van der Waals surface area contributed by atoms with Gasteiger partial charge < -0.3 is 9.47 Å². The number of terminal acetylenes is 1. The molecule has 0 spiro atoms. The van der Waals surface area contributed by atoms with E-state index in [0.29, 0.717) is 25.2 Å². The van der Waals surface area contributed by atoms with Gasteiger partial charge in [-0.05, 0) is 64.2 Å². The molecule has 0 unspecified atom stereocenters. The predicted octanol–water partition coefficient (Wildman–Crippen LogP) is 5.60.